The van der Waals surface area contributed by atoms with Crippen LogP contribution in [0.5, 0.6) is 0 Å². The van der Waals surface area contributed by atoms with Crippen molar-refractivity contribution < 1.29 is 9.90 Å². The molecule has 1 N–H and O–H groups in total. The Morgan fingerprint density at radius 2 is 2.00 bits per heavy atom. The first-order valence-corrected chi connectivity index (χ1v) is 6.36. The molecule has 100 valence electrons. The van der Waals surface area contributed by atoms with Gasteiger partial charge in [-0.1, -0.05) is 23.8 Å². The average molecular weight is 266 g/mol. The molecule has 0 aliphatic rings. The summed E-state index contributed by atoms with van der Waals surface area (Å²) in [4.78, 5) is 15.7. The lowest BCUT2D eigenvalue weighted by Gasteiger charge is -2.05. The van der Waals surface area contributed by atoms with Crippen molar-refractivity contribution >= 4 is 11.5 Å². The van der Waals surface area contributed by atoms with Gasteiger partial charge >= 0.3 is 5.97 Å². The summed E-state index contributed by atoms with van der Waals surface area (Å²) in [7, 11) is 0. The van der Waals surface area contributed by atoms with Gasteiger partial charge in [0.1, 0.15) is 0 Å². The predicted octanol–water partition coefficient (Wildman–Crippen LogP) is 3.32. The third-order valence-electron chi connectivity index (χ3n) is 3.39. The third kappa shape index (κ3) is 1.86. The maximum absolute atomic E-state index is 11.3. The average Bonchev–Trinajstić information content (AvgIpc) is 2.81. The molecule has 0 atom stereocenters. The van der Waals surface area contributed by atoms with Crippen LogP contribution in [0.3, 0.4) is 0 Å². The molecule has 0 saturated heterocycles. The number of carboxylic acids is 1. The first kappa shape index (κ1) is 12.4. The monoisotopic (exact) mass is 266 g/mol. The van der Waals surface area contributed by atoms with Gasteiger partial charge in [0.25, 0.3) is 0 Å². The molecule has 20 heavy (non-hydrogen) atoms. The summed E-state index contributed by atoms with van der Waals surface area (Å²) in [6.45, 7) is 4.02. The first-order valence-electron chi connectivity index (χ1n) is 6.36. The van der Waals surface area contributed by atoms with E-state index in [2.05, 4.69) is 4.98 Å². The third-order valence-corrected chi connectivity index (χ3v) is 3.39. The van der Waals surface area contributed by atoms with Crippen LogP contribution in [0.2, 0.25) is 0 Å². The number of aromatic carboxylic acids is 1. The molecule has 0 saturated carbocycles. The van der Waals surface area contributed by atoms with E-state index in [-0.39, 0.29) is 5.82 Å². The molecule has 0 spiro atoms. The van der Waals surface area contributed by atoms with E-state index in [0.717, 1.165) is 22.2 Å². The molecule has 0 aliphatic carbocycles. The molecule has 2 aromatic heterocycles. The minimum Gasteiger partial charge on any atom is -0.475 e. The standard InChI is InChI=1S/C16H14N2O2/c1-10-6-7-11(2)12(9-10)14-13-5-3-4-8-18(13)15(17-14)16(19)20/h3-9H,1-2H3,(H,19,20). The largest absolute Gasteiger partial charge is 0.475 e. The lowest BCUT2D eigenvalue weighted by molar-refractivity contribution is 0.0683. The molecule has 3 rings (SSSR count). The number of hydrogen-bond acceptors (Lipinski definition) is 2. The van der Waals surface area contributed by atoms with E-state index in [9.17, 15) is 9.90 Å². The Balaban J connectivity index is 2.37. The highest BCUT2D eigenvalue weighted by Gasteiger charge is 2.18. The quantitative estimate of drug-likeness (QED) is 0.774. The van der Waals surface area contributed by atoms with E-state index in [1.54, 1.807) is 16.7 Å². The Kier molecular flexibility index (Phi) is 2.79. The Labute approximate surface area is 116 Å². The zero-order valence-electron chi connectivity index (χ0n) is 11.3. The van der Waals surface area contributed by atoms with Gasteiger partial charge in [0.15, 0.2) is 0 Å². The topological polar surface area (TPSA) is 54.6 Å². The maximum Gasteiger partial charge on any atom is 0.372 e. The predicted molar refractivity (Wildman–Crippen MR) is 77.1 cm³/mol. The van der Waals surface area contributed by atoms with Gasteiger partial charge < -0.3 is 5.11 Å². The van der Waals surface area contributed by atoms with Gasteiger partial charge in [0, 0.05) is 11.8 Å². The van der Waals surface area contributed by atoms with Crippen molar-refractivity contribution in [1.82, 2.24) is 9.38 Å². The van der Waals surface area contributed by atoms with E-state index >= 15 is 0 Å². The zero-order chi connectivity index (χ0) is 14.3. The van der Waals surface area contributed by atoms with Crippen molar-refractivity contribution in [2.24, 2.45) is 0 Å². The number of rotatable bonds is 2. The van der Waals surface area contributed by atoms with Crippen LogP contribution in [-0.4, -0.2) is 20.5 Å². The highest BCUT2D eigenvalue weighted by Crippen LogP contribution is 2.28. The maximum atomic E-state index is 11.3. The summed E-state index contributed by atoms with van der Waals surface area (Å²) >= 11 is 0. The van der Waals surface area contributed by atoms with E-state index in [1.165, 1.54) is 0 Å². The van der Waals surface area contributed by atoms with Crippen molar-refractivity contribution in [2.75, 3.05) is 0 Å². The number of carboxylic acid groups (broad SMARTS) is 1. The molecule has 4 nitrogen and oxygen atoms in total. The Hall–Kier alpha value is -2.62. The van der Waals surface area contributed by atoms with E-state index in [0.29, 0.717) is 5.69 Å². The van der Waals surface area contributed by atoms with Crippen LogP contribution in [0.4, 0.5) is 0 Å². The zero-order valence-corrected chi connectivity index (χ0v) is 11.3. The normalized spacial score (nSPS) is 10.9. The number of imidazole rings is 1. The number of fused-ring (bicyclic) bond motifs is 1. The number of aryl methyl sites for hydroxylation is 2. The minimum absolute atomic E-state index is 0.0384. The lowest BCUT2D eigenvalue weighted by Crippen LogP contribution is -2.02. The van der Waals surface area contributed by atoms with E-state index in [1.807, 2.05) is 44.2 Å². The fourth-order valence-corrected chi connectivity index (χ4v) is 2.38. The molecule has 0 bridgehead atoms. The van der Waals surface area contributed by atoms with Gasteiger partial charge in [-0.05, 0) is 37.6 Å². The molecule has 0 aliphatic heterocycles. The summed E-state index contributed by atoms with van der Waals surface area (Å²) < 4.78 is 1.61. The number of aromatic nitrogens is 2. The molecule has 2 heterocycles. The SMILES string of the molecule is Cc1ccc(C)c(-c2nc(C(=O)O)n3ccccc23)c1. The fraction of sp³-hybridized carbons (Fsp3) is 0.125. The second kappa shape index (κ2) is 4.49. The molecule has 1 aromatic carbocycles. The highest BCUT2D eigenvalue weighted by atomic mass is 16.4. The van der Waals surface area contributed by atoms with Crippen molar-refractivity contribution in [3.8, 4) is 11.3 Å². The van der Waals surface area contributed by atoms with Crippen LogP contribution in [0.15, 0.2) is 42.6 Å². The first-order chi connectivity index (χ1) is 9.58. The fourth-order valence-electron chi connectivity index (χ4n) is 2.38. The molecular formula is C16H14N2O2. The van der Waals surface area contributed by atoms with Gasteiger partial charge in [0.05, 0.1) is 11.2 Å². The van der Waals surface area contributed by atoms with Gasteiger partial charge in [0.2, 0.25) is 5.82 Å². The Morgan fingerprint density at radius 3 is 2.75 bits per heavy atom. The Bertz CT molecular complexity index is 818. The molecule has 0 radical (unpaired) electrons. The smallest absolute Gasteiger partial charge is 0.372 e. The van der Waals surface area contributed by atoms with E-state index in [4.69, 9.17) is 0 Å². The molecule has 0 fully saturated rings. The van der Waals surface area contributed by atoms with Crippen LogP contribution in [0.25, 0.3) is 16.8 Å². The summed E-state index contributed by atoms with van der Waals surface area (Å²) in [5, 5.41) is 9.28. The number of hydrogen-bond donors (Lipinski definition) is 1. The van der Waals surface area contributed by atoms with Gasteiger partial charge in [-0.15, -0.1) is 0 Å². The second-order valence-corrected chi connectivity index (χ2v) is 4.86. The van der Waals surface area contributed by atoms with Crippen LogP contribution in [-0.2, 0) is 0 Å². The second-order valence-electron chi connectivity index (χ2n) is 4.86. The summed E-state index contributed by atoms with van der Waals surface area (Å²) in [5.41, 5.74) is 4.69. The summed E-state index contributed by atoms with van der Waals surface area (Å²) in [6, 6.07) is 11.7. The van der Waals surface area contributed by atoms with Crippen molar-refractivity contribution in [3.63, 3.8) is 0 Å². The summed E-state index contributed by atoms with van der Waals surface area (Å²) in [5.74, 6) is -0.987. The summed E-state index contributed by atoms with van der Waals surface area (Å²) in [6.07, 6.45) is 1.72. The van der Waals surface area contributed by atoms with Crippen molar-refractivity contribution in [3.05, 3.63) is 59.5 Å². The van der Waals surface area contributed by atoms with E-state index < -0.39 is 5.97 Å². The van der Waals surface area contributed by atoms with Crippen molar-refractivity contribution in [2.45, 2.75) is 13.8 Å². The highest BCUT2D eigenvalue weighted by molar-refractivity contribution is 5.90. The number of pyridine rings is 1. The molecule has 0 unspecified atom stereocenters. The molecule has 4 heteroatoms. The Morgan fingerprint density at radius 1 is 1.20 bits per heavy atom. The number of nitrogens with zero attached hydrogens (tertiary/aromatic N) is 2. The minimum atomic E-state index is -1.03. The van der Waals surface area contributed by atoms with Crippen LogP contribution in [0.1, 0.15) is 21.7 Å². The number of carbonyl (C=O) groups is 1. The number of benzene rings is 1. The molecular weight excluding hydrogens is 252 g/mol. The van der Waals surface area contributed by atoms with Crippen LogP contribution >= 0.6 is 0 Å². The van der Waals surface area contributed by atoms with Gasteiger partial charge in [-0.3, -0.25) is 4.40 Å². The van der Waals surface area contributed by atoms with Crippen LogP contribution in [0, 0.1) is 13.8 Å². The molecule has 0 amide bonds. The lowest BCUT2D eigenvalue weighted by atomic mass is 10.0. The van der Waals surface area contributed by atoms with Gasteiger partial charge in [-0.25, -0.2) is 9.78 Å². The van der Waals surface area contributed by atoms with Crippen molar-refractivity contribution in [1.29, 1.82) is 0 Å². The molecule has 3 aromatic rings. The van der Waals surface area contributed by atoms with Crippen LogP contribution < -0.4 is 0 Å². The van der Waals surface area contributed by atoms with Gasteiger partial charge in [-0.2, -0.15) is 0 Å².